The first-order valence-electron chi connectivity index (χ1n) is 10.3. The maximum absolute atomic E-state index is 13.1. The Morgan fingerprint density at radius 2 is 1.94 bits per heavy atom. The van der Waals surface area contributed by atoms with Crippen LogP contribution >= 0.6 is 0 Å². The number of Topliss-reactive ketones (excluding diaryl/α,β-unsaturated/α-hetero) is 1. The third-order valence-electron chi connectivity index (χ3n) is 5.52. The van der Waals surface area contributed by atoms with Crippen LogP contribution in [0.2, 0.25) is 0 Å². The second kappa shape index (κ2) is 7.81. The number of carbonyl (C=O) groups excluding carboxylic acids is 2. The molecule has 5 rings (SSSR count). The number of rotatable bonds is 4. The molecule has 2 aromatic heterocycles. The van der Waals surface area contributed by atoms with E-state index in [1.54, 1.807) is 37.3 Å². The Hall–Kier alpha value is -4.19. The molecule has 6 nitrogen and oxygen atoms in total. The first-order valence-corrected chi connectivity index (χ1v) is 10.3. The molecule has 0 saturated carbocycles. The second-order valence-electron chi connectivity index (χ2n) is 7.57. The number of aryl methyl sites for hydroxylation is 2. The molecule has 1 aliphatic heterocycles. The number of carbonyl (C=O) groups is 2. The van der Waals surface area contributed by atoms with Gasteiger partial charge >= 0.3 is 5.97 Å². The maximum atomic E-state index is 13.1. The van der Waals surface area contributed by atoms with E-state index in [2.05, 4.69) is 22.5 Å². The number of nitrogens with zero attached hydrogens (tertiary/aromatic N) is 2. The number of para-hydroxylation sites is 1. The molecule has 158 valence electrons. The minimum absolute atomic E-state index is 0.183. The maximum Gasteiger partial charge on any atom is 0.343 e. The molecule has 0 spiro atoms. The summed E-state index contributed by atoms with van der Waals surface area (Å²) in [6, 6.07) is 14.5. The van der Waals surface area contributed by atoms with Crippen molar-refractivity contribution in [3.8, 4) is 11.5 Å². The summed E-state index contributed by atoms with van der Waals surface area (Å²) in [5, 5.41) is 1.05. The molecule has 0 radical (unpaired) electrons. The van der Waals surface area contributed by atoms with Crippen LogP contribution in [0.1, 0.15) is 38.8 Å². The molecular formula is C26H20N2O4. The van der Waals surface area contributed by atoms with E-state index in [1.807, 2.05) is 24.4 Å². The first kappa shape index (κ1) is 19.8. The van der Waals surface area contributed by atoms with Crippen molar-refractivity contribution in [2.24, 2.45) is 0 Å². The van der Waals surface area contributed by atoms with Crippen LogP contribution < -0.4 is 9.47 Å². The number of allylic oxidation sites excluding steroid dienone is 1. The number of pyridine rings is 1. The van der Waals surface area contributed by atoms with E-state index in [1.165, 1.54) is 12.4 Å². The highest BCUT2D eigenvalue weighted by atomic mass is 16.5. The molecule has 0 atom stereocenters. The Bertz CT molecular complexity index is 1400. The molecule has 0 fully saturated rings. The highest BCUT2D eigenvalue weighted by Gasteiger charge is 2.30. The molecule has 0 saturated heterocycles. The number of fused-ring (bicyclic) bond motifs is 2. The van der Waals surface area contributed by atoms with Gasteiger partial charge in [-0.25, -0.2) is 4.79 Å². The van der Waals surface area contributed by atoms with Gasteiger partial charge in [-0.15, -0.1) is 0 Å². The molecule has 1 aliphatic rings. The molecular weight excluding hydrogens is 404 g/mol. The quantitative estimate of drug-likeness (QED) is 0.256. The van der Waals surface area contributed by atoms with Gasteiger partial charge in [0.05, 0.1) is 11.1 Å². The Balaban J connectivity index is 1.47. The number of hydrogen-bond donors (Lipinski definition) is 0. The Morgan fingerprint density at radius 1 is 1.16 bits per heavy atom. The van der Waals surface area contributed by atoms with Gasteiger partial charge in [0.2, 0.25) is 5.78 Å². The van der Waals surface area contributed by atoms with E-state index in [0.29, 0.717) is 28.2 Å². The molecule has 2 aromatic carbocycles. The van der Waals surface area contributed by atoms with E-state index in [9.17, 15) is 9.59 Å². The van der Waals surface area contributed by atoms with Crippen LogP contribution in [0.3, 0.4) is 0 Å². The van der Waals surface area contributed by atoms with Crippen LogP contribution in [0, 0.1) is 6.92 Å². The predicted octanol–water partition coefficient (Wildman–Crippen LogP) is 5.20. The van der Waals surface area contributed by atoms with E-state index < -0.39 is 5.97 Å². The van der Waals surface area contributed by atoms with Crippen LogP contribution in [-0.4, -0.2) is 21.3 Å². The van der Waals surface area contributed by atoms with Crippen molar-refractivity contribution in [1.82, 2.24) is 9.55 Å². The largest absolute Gasteiger partial charge is 0.452 e. The summed E-state index contributed by atoms with van der Waals surface area (Å²) in [5.41, 5.74) is 3.58. The second-order valence-corrected chi connectivity index (χ2v) is 7.57. The van der Waals surface area contributed by atoms with Crippen molar-refractivity contribution in [1.29, 1.82) is 0 Å². The van der Waals surface area contributed by atoms with Crippen molar-refractivity contribution in [3.63, 3.8) is 0 Å². The Labute approximate surface area is 184 Å². The van der Waals surface area contributed by atoms with Crippen molar-refractivity contribution in [2.75, 3.05) is 0 Å². The smallest absolute Gasteiger partial charge is 0.343 e. The highest BCUT2D eigenvalue weighted by Crippen LogP contribution is 2.38. The van der Waals surface area contributed by atoms with Gasteiger partial charge in [0.1, 0.15) is 11.5 Å². The van der Waals surface area contributed by atoms with Crippen LogP contribution in [0.5, 0.6) is 11.5 Å². The summed E-state index contributed by atoms with van der Waals surface area (Å²) in [4.78, 5) is 29.4. The molecule has 0 unspecified atom stereocenters. The zero-order valence-corrected chi connectivity index (χ0v) is 17.7. The van der Waals surface area contributed by atoms with E-state index in [4.69, 9.17) is 9.47 Å². The Kier molecular flexibility index (Phi) is 4.82. The summed E-state index contributed by atoms with van der Waals surface area (Å²) in [5.74, 6) is 0.273. The van der Waals surface area contributed by atoms with Crippen LogP contribution in [0.15, 0.2) is 72.9 Å². The molecule has 3 heterocycles. The third-order valence-corrected chi connectivity index (χ3v) is 5.52. The highest BCUT2D eigenvalue weighted by molar-refractivity contribution is 6.16. The van der Waals surface area contributed by atoms with E-state index in [-0.39, 0.29) is 11.5 Å². The third kappa shape index (κ3) is 3.36. The predicted molar refractivity (Wildman–Crippen MR) is 121 cm³/mol. The van der Waals surface area contributed by atoms with Crippen molar-refractivity contribution >= 4 is 28.7 Å². The lowest BCUT2D eigenvalue weighted by Crippen LogP contribution is -2.08. The van der Waals surface area contributed by atoms with Gasteiger partial charge in [0, 0.05) is 47.7 Å². The lowest BCUT2D eigenvalue weighted by molar-refractivity contribution is 0.0734. The first-order chi connectivity index (χ1) is 15.5. The van der Waals surface area contributed by atoms with E-state index >= 15 is 0 Å². The lowest BCUT2D eigenvalue weighted by Gasteiger charge is -2.07. The van der Waals surface area contributed by atoms with Crippen molar-refractivity contribution < 1.29 is 19.1 Å². The number of ether oxygens (including phenoxy) is 2. The fraction of sp³-hybridized carbons (Fsp3) is 0.115. The standard InChI is InChI=1S/C26H20N2O4/c1-3-28-15-18(20-6-4-5-7-21(20)28)13-23-25(29)24-16(2)12-19(14-22(24)32-23)31-26(30)17-8-10-27-11-9-17/h4-15H,3H2,1-2H3/b23-13-. The average molecular weight is 424 g/mol. The van der Waals surface area contributed by atoms with Gasteiger partial charge in [-0.1, -0.05) is 18.2 Å². The minimum Gasteiger partial charge on any atom is -0.452 e. The number of benzene rings is 2. The fourth-order valence-corrected chi connectivity index (χ4v) is 3.98. The monoisotopic (exact) mass is 424 g/mol. The number of aromatic nitrogens is 2. The van der Waals surface area contributed by atoms with Gasteiger partial charge in [0.15, 0.2) is 5.76 Å². The van der Waals surface area contributed by atoms with Crippen molar-refractivity contribution in [3.05, 3.63) is 95.1 Å². The average Bonchev–Trinajstić information content (AvgIpc) is 3.32. The summed E-state index contributed by atoms with van der Waals surface area (Å²) in [7, 11) is 0. The zero-order chi connectivity index (χ0) is 22.2. The summed E-state index contributed by atoms with van der Waals surface area (Å²) in [6.07, 6.45) is 6.85. The normalized spacial score (nSPS) is 13.9. The van der Waals surface area contributed by atoms with Gasteiger partial charge in [-0.05, 0) is 49.8 Å². The molecule has 4 aromatic rings. The minimum atomic E-state index is -0.501. The SMILES string of the molecule is CCn1cc(/C=C2\Oc3cc(OC(=O)c4ccncc4)cc(C)c3C2=O)c2ccccc21. The fourth-order valence-electron chi connectivity index (χ4n) is 3.98. The Morgan fingerprint density at radius 3 is 2.72 bits per heavy atom. The molecule has 6 heteroatoms. The van der Waals surface area contributed by atoms with Gasteiger partial charge < -0.3 is 14.0 Å². The number of ketones is 1. The van der Waals surface area contributed by atoms with Gasteiger partial charge in [-0.2, -0.15) is 0 Å². The molecule has 0 N–H and O–H groups in total. The van der Waals surface area contributed by atoms with E-state index in [0.717, 1.165) is 23.0 Å². The van der Waals surface area contributed by atoms with Gasteiger partial charge in [-0.3, -0.25) is 9.78 Å². The number of esters is 1. The molecule has 32 heavy (non-hydrogen) atoms. The summed E-state index contributed by atoms with van der Waals surface area (Å²) < 4.78 is 13.5. The lowest BCUT2D eigenvalue weighted by atomic mass is 10.0. The topological polar surface area (TPSA) is 70.4 Å². The number of hydrogen-bond acceptors (Lipinski definition) is 5. The van der Waals surface area contributed by atoms with Gasteiger partial charge in [0.25, 0.3) is 0 Å². The zero-order valence-electron chi connectivity index (χ0n) is 17.7. The molecule has 0 amide bonds. The summed E-state index contributed by atoms with van der Waals surface area (Å²) in [6.45, 7) is 4.70. The van der Waals surface area contributed by atoms with Crippen LogP contribution in [0.25, 0.3) is 17.0 Å². The molecule has 0 bridgehead atoms. The summed E-state index contributed by atoms with van der Waals surface area (Å²) >= 11 is 0. The van der Waals surface area contributed by atoms with Crippen LogP contribution in [0.4, 0.5) is 0 Å². The van der Waals surface area contributed by atoms with Crippen molar-refractivity contribution in [2.45, 2.75) is 20.4 Å². The molecule has 0 aliphatic carbocycles. The van der Waals surface area contributed by atoms with Crippen LogP contribution in [-0.2, 0) is 6.54 Å².